The number of rotatable bonds is 11. The molecule has 0 bridgehead atoms. The predicted molar refractivity (Wildman–Crippen MR) is 223 cm³/mol. The molecule has 0 saturated carbocycles. The molecule has 6 aromatic carbocycles. The smallest absolute Gasteiger partial charge is 0.0973 e. The number of benzene rings is 6. The Kier molecular flexibility index (Phi) is 11.7. The first-order valence-corrected chi connectivity index (χ1v) is 18.0. The van der Waals surface area contributed by atoms with Gasteiger partial charge in [-0.25, -0.2) is 9.97 Å². The van der Waals surface area contributed by atoms with E-state index in [0.29, 0.717) is 0 Å². The topological polar surface area (TPSA) is 32.3 Å². The van der Waals surface area contributed by atoms with Gasteiger partial charge in [-0.1, -0.05) is 117 Å². The number of anilines is 5. The first-order chi connectivity index (χ1) is 25.6. The zero-order valence-corrected chi connectivity index (χ0v) is 30.4. The highest BCUT2D eigenvalue weighted by Gasteiger charge is 2.19. The van der Waals surface area contributed by atoms with E-state index in [4.69, 9.17) is 9.97 Å². The van der Waals surface area contributed by atoms with E-state index in [1.54, 1.807) is 6.08 Å². The van der Waals surface area contributed by atoms with Crippen LogP contribution in [0.3, 0.4) is 0 Å². The molecule has 0 spiro atoms. The van der Waals surface area contributed by atoms with Crippen molar-refractivity contribution >= 4 is 39.5 Å². The van der Waals surface area contributed by atoms with Crippen LogP contribution in [0, 0.1) is 0 Å². The quantitative estimate of drug-likeness (QED) is 0.127. The Morgan fingerprint density at radius 2 is 0.846 bits per heavy atom. The molecule has 1 aromatic heterocycles. The zero-order chi connectivity index (χ0) is 36.3. The van der Waals surface area contributed by atoms with Crippen LogP contribution >= 0.6 is 0 Å². The monoisotopic (exact) mass is 678 g/mol. The molecule has 0 amide bonds. The van der Waals surface area contributed by atoms with Crippen LogP contribution in [0.4, 0.5) is 28.4 Å². The molecule has 0 unspecified atom stereocenters. The van der Waals surface area contributed by atoms with Crippen LogP contribution in [0.1, 0.15) is 31.9 Å². The van der Waals surface area contributed by atoms with Gasteiger partial charge in [0, 0.05) is 46.1 Å². The number of hydrogen-bond donors (Lipinski definition) is 0. The van der Waals surface area contributed by atoms with Gasteiger partial charge in [0.15, 0.2) is 0 Å². The molecule has 0 saturated heterocycles. The zero-order valence-electron chi connectivity index (χ0n) is 30.4. The molecule has 0 aliphatic carbocycles. The first-order valence-electron chi connectivity index (χ1n) is 18.0. The fourth-order valence-electron chi connectivity index (χ4n) is 6.48. The molecule has 0 aliphatic rings. The molecule has 7 aromatic rings. The van der Waals surface area contributed by atoms with E-state index in [1.807, 2.05) is 25.1 Å². The summed E-state index contributed by atoms with van der Waals surface area (Å²) in [6.07, 6.45) is 5.50. The van der Waals surface area contributed by atoms with Crippen molar-refractivity contribution in [1.82, 2.24) is 9.97 Å². The maximum Gasteiger partial charge on any atom is 0.0973 e. The highest BCUT2D eigenvalue weighted by Crippen LogP contribution is 2.39. The number of aromatic nitrogens is 2. The second-order valence-electron chi connectivity index (χ2n) is 12.5. The number of hydrogen-bond acceptors (Lipinski definition) is 4. The lowest BCUT2D eigenvalue weighted by atomic mass is 10.00. The van der Waals surface area contributed by atoms with Gasteiger partial charge in [-0.05, 0) is 91.6 Å². The first kappa shape index (κ1) is 35.6. The van der Waals surface area contributed by atoms with Crippen LogP contribution in [0.25, 0.3) is 33.5 Å². The average molecular weight is 679 g/mol. The predicted octanol–water partition coefficient (Wildman–Crippen LogP) is 13.1. The average Bonchev–Trinajstić information content (AvgIpc) is 3.21. The molecular formula is C48H46N4. The van der Waals surface area contributed by atoms with Crippen LogP contribution in [0.5, 0.6) is 0 Å². The van der Waals surface area contributed by atoms with E-state index in [-0.39, 0.29) is 0 Å². The molecule has 0 aliphatic heterocycles. The lowest BCUT2D eigenvalue weighted by Gasteiger charge is -2.28. The van der Waals surface area contributed by atoms with Gasteiger partial charge in [-0.15, -0.1) is 13.2 Å². The van der Waals surface area contributed by atoms with Crippen molar-refractivity contribution in [2.45, 2.75) is 33.6 Å². The normalized spacial score (nSPS) is 10.6. The van der Waals surface area contributed by atoms with Gasteiger partial charge in [0.25, 0.3) is 0 Å². The SMILES string of the molecule is C=CC.C=CCN(c1ccccc1)c1ccc(N(c2ccccc2)c2ccc(-c3nc4c(CC)ccc(CC)c4nc3-c3ccccc3)cc2)cc1. The number of aryl methyl sites for hydroxylation is 2. The highest BCUT2D eigenvalue weighted by atomic mass is 15.2. The summed E-state index contributed by atoms with van der Waals surface area (Å²) in [4.78, 5) is 15.3. The van der Waals surface area contributed by atoms with E-state index in [2.05, 4.69) is 176 Å². The van der Waals surface area contributed by atoms with Gasteiger partial charge in [-0.2, -0.15) is 0 Å². The Balaban J connectivity index is 0.00000150. The van der Waals surface area contributed by atoms with Crippen molar-refractivity contribution < 1.29 is 0 Å². The Labute approximate surface area is 309 Å². The molecular weight excluding hydrogens is 633 g/mol. The van der Waals surface area contributed by atoms with E-state index in [1.165, 1.54) is 11.1 Å². The summed E-state index contributed by atoms with van der Waals surface area (Å²) in [7, 11) is 0. The minimum atomic E-state index is 0.718. The molecule has 0 radical (unpaired) electrons. The van der Waals surface area contributed by atoms with Gasteiger partial charge < -0.3 is 9.80 Å². The Morgan fingerprint density at radius 1 is 0.481 bits per heavy atom. The minimum Gasteiger partial charge on any atom is -0.338 e. The fourth-order valence-corrected chi connectivity index (χ4v) is 6.48. The van der Waals surface area contributed by atoms with Crippen molar-refractivity contribution in [3.05, 3.63) is 188 Å². The van der Waals surface area contributed by atoms with E-state index in [0.717, 1.165) is 81.4 Å². The molecule has 1 heterocycles. The van der Waals surface area contributed by atoms with Gasteiger partial charge in [0.1, 0.15) is 0 Å². The number of nitrogens with zero attached hydrogens (tertiary/aromatic N) is 4. The second-order valence-corrected chi connectivity index (χ2v) is 12.5. The van der Waals surface area contributed by atoms with Crippen LogP contribution in [0.15, 0.2) is 177 Å². The summed E-state index contributed by atoms with van der Waals surface area (Å²) < 4.78 is 0. The van der Waals surface area contributed by atoms with Crippen molar-refractivity contribution in [3.8, 4) is 22.5 Å². The van der Waals surface area contributed by atoms with Crippen LogP contribution in [-0.4, -0.2) is 16.5 Å². The fraction of sp³-hybridized carbons (Fsp3) is 0.125. The Bertz CT molecular complexity index is 2210. The largest absolute Gasteiger partial charge is 0.338 e. The molecule has 4 nitrogen and oxygen atoms in total. The summed E-state index contributed by atoms with van der Waals surface area (Å²) in [5.74, 6) is 0. The third-order valence-electron chi connectivity index (χ3n) is 9.01. The number of para-hydroxylation sites is 2. The molecule has 0 atom stereocenters. The van der Waals surface area contributed by atoms with Gasteiger partial charge in [0.05, 0.1) is 22.4 Å². The third kappa shape index (κ3) is 7.72. The maximum absolute atomic E-state index is 5.37. The van der Waals surface area contributed by atoms with Crippen LogP contribution in [-0.2, 0) is 12.8 Å². The standard InChI is InChI=1S/C45H40N4.C3H6/c1-4-32-48(37-18-12-8-13-19-37)38-28-30-41(31-29-38)49(39-20-14-9-15-21-39)40-26-24-36(25-27-40)45-44(35-16-10-7-11-17-35)46-42-33(5-2)22-23-34(6-3)43(42)47-45;1-3-2/h4,7-31H,1,5-6,32H2,2-3H3;3H,1H2,2H3. The number of fused-ring (bicyclic) bond motifs is 1. The van der Waals surface area contributed by atoms with E-state index in [9.17, 15) is 0 Å². The number of allylic oxidation sites excluding steroid dienone is 1. The summed E-state index contributed by atoms with van der Waals surface area (Å²) in [6.45, 7) is 14.3. The molecule has 52 heavy (non-hydrogen) atoms. The van der Waals surface area contributed by atoms with Gasteiger partial charge in [0.2, 0.25) is 0 Å². The lowest BCUT2D eigenvalue weighted by Crippen LogP contribution is -2.17. The molecule has 7 rings (SSSR count). The molecule has 258 valence electrons. The van der Waals surface area contributed by atoms with Crippen molar-refractivity contribution in [2.75, 3.05) is 16.3 Å². The Morgan fingerprint density at radius 3 is 1.31 bits per heavy atom. The van der Waals surface area contributed by atoms with E-state index < -0.39 is 0 Å². The maximum atomic E-state index is 5.37. The van der Waals surface area contributed by atoms with Gasteiger partial charge >= 0.3 is 0 Å². The van der Waals surface area contributed by atoms with Gasteiger partial charge in [-0.3, -0.25) is 0 Å². The molecule has 0 N–H and O–H groups in total. The summed E-state index contributed by atoms with van der Waals surface area (Å²) >= 11 is 0. The molecule has 4 heteroatoms. The molecule has 0 fully saturated rings. The summed E-state index contributed by atoms with van der Waals surface area (Å²) in [5, 5.41) is 0. The van der Waals surface area contributed by atoms with E-state index >= 15 is 0 Å². The minimum absolute atomic E-state index is 0.718. The van der Waals surface area contributed by atoms with Crippen LogP contribution in [0.2, 0.25) is 0 Å². The summed E-state index contributed by atoms with van der Waals surface area (Å²) in [6, 6.07) is 53.3. The second kappa shape index (κ2) is 17.1. The van der Waals surface area contributed by atoms with Crippen molar-refractivity contribution in [1.29, 1.82) is 0 Å². The Hall–Kier alpha value is -6.26. The van der Waals surface area contributed by atoms with Crippen molar-refractivity contribution in [3.63, 3.8) is 0 Å². The third-order valence-corrected chi connectivity index (χ3v) is 9.01. The highest BCUT2D eigenvalue weighted by molar-refractivity contribution is 5.90. The van der Waals surface area contributed by atoms with Crippen LogP contribution < -0.4 is 9.80 Å². The summed E-state index contributed by atoms with van der Waals surface area (Å²) in [5.41, 5.74) is 13.8. The lowest BCUT2D eigenvalue weighted by molar-refractivity contribution is 1.10. The van der Waals surface area contributed by atoms with Crippen molar-refractivity contribution in [2.24, 2.45) is 0 Å².